The van der Waals surface area contributed by atoms with Gasteiger partial charge in [-0.1, -0.05) is 335 Å². The largest absolute Gasteiger partial charge is 0.390 e. The van der Waals surface area contributed by atoms with E-state index in [2.05, 4.69) is 20.8 Å². The molecule has 0 heterocycles. The first-order valence-electron chi connectivity index (χ1n) is 27.9. The summed E-state index contributed by atoms with van der Waals surface area (Å²) >= 11 is 0. The van der Waals surface area contributed by atoms with Crippen LogP contribution >= 0.6 is 0 Å². The van der Waals surface area contributed by atoms with Gasteiger partial charge in [-0.25, -0.2) is 0 Å². The zero-order valence-corrected chi connectivity index (χ0v) is 40.7. The van der Waals surface area contributed by atoms with Crippen LogP contribution in [0.15, 0.2) is 0 Å². The van der Waals surface area contributed by atoms with Gasteiger partial charge in [-0.2, -0.15) is 0 Å². The highest BCUT2D eigenvalue weighted by Crippen LogP contribution is 2.29. The lowest BCUT2D eigenvalue weighted by atomic mass is 9.85. The van der Waals surface area contributed by atoms with Crippen molar-refractivity contribution in [2.45, 2.75) is 360 Å². The SMILES string of the molecule is CCCCCCCCCCCCCCCCCCCCCCC(O)(CCCCCCCCCCCCCCC)CCCCCCCCCCCCCCCCCC. The fraction of sp³-hybridized carbons (Fsp3) is 1.00. The molecular weight excluding hydrogens is 689 g/mol. The topological polar surface area (TPSA) is 20.2 Å². The second-order valence-electron chi connectivity index (χ2n) is 19.7. The Morgan fingerprint density at radius 2 is 0.281 bits per heavy atom. The van der Waals surface area contributed by atoms with E-state index in [0.717, 1.165) is 19.3 Å². The first kappa shape index (κ1) is 57.0. The van der Waals surface area contributed by atoms with E-state index in [9.17, 15) is 5.11 Å². The third kappa shape index (κ3) is 48.5. The van der Waals surface area contributed by atoms with Crippen molar-refractivity contribution >= 4 is 0 Å². The van der Waals surface area contributed by atoms with Crippen LogP contribution in [0.2, 0.25) is 0 Å². The van der Waals surface area contributed by atoms with Crippen LogP contribution < -0.4 is 0 Å². The van der Waals surface area contributed by atoms with Crippen molar-refractivity contribution in [3.8, 4) is 0 Å². The first-order valence-corrected chi connectivity index (χ1v) is 27.9. The Balaban J connectivity index is 4.03. The van der Waals surface area contributed by atoms with Crippen LogP contribution in [0.1, 0.15) is 355 Å². The van der Waals surface area contributed by atoms with Crippen molar-refractivity contribution in [3.63, 3.8) is 0 Å². The number of unbranched alkanes of at least 4 members (excludes halogenated alkanes) is 46. The molecule has 0 aliphatic heterocycles. The molecule has 0 radical (unpaired) electrons. The summed E-state index contributed by atoms with van der Waals surface area (Å²) in [5, 5.41) is 11.9. The van der Waals surface area contributed by atoms with Gasteiger partial charge in [0.1, 0.15) is 0 Å². The monoisotopic (exact) mass is 803 g/mol. The lowest BCUT2D eigenvalue weighted by Crippen LogP contribution is -2.28. The minimum absolute atomic E-state index is 0.387. The quantitative estimate of drug-likeness (QED) is 0.0608. The molecule has 0 aromatic carbocycles. The van der Waals surface area contributed by atoms with E-state index < -0.39 is 0 Å². The maximum atomic E-state index is 11.9. The van der Waals surface area contributed by atoms with E-state index in [0.29, 0.717) is 0 Å². The molecule has 0 amide bonds. The lowest BCUT2D eigenvalue weighted by Gasteiger charge is -2.29. The Morgan fingerprint density at radius 1 is 0.175 bits per heavy atom. The van der Waals surface area contributed by atoms with E-state index in [4.69, 9.17) is 0 Å². The van der Waals surface area contributed by atoms with Gasteiger partial charge in [0.25, 0.3) is 0 Å². The summed E-state index contributed by atoms with van der Waals surface area (Å²) < 4.78 is 0. The molecule has 0 spiro atoms. The number of rotatable bonds is 52. The van der Waals surface area contributed by atoms with Crippen LogP contribution in [0.3, 0.4) is 0 Å². The normalized spacial score (nSPS) is 12.8. The minimum atomic E-state index is -0.387. The molecule has 0 bridgehead atoms. The molecule has 0 fully saturated rings. The highest BCUT2D eigenvalue weighted by Gasteiger charge is 2.25. The smallest absolute Gasteiger partial charge is 0.0647 e. The third-order valence-electron chi connectivity index (χ3n) is 13.7. The predicted octanol–water partition coefficient (Wildman–Crippen LogP) is 21.1. The fourth-order valence-corrected chi connectivity index (χ4v) is 9.56. The summed E-state index contributed by atoms with van der Waals surface area (Å²) in [7, 11) is 0. The Kier molecular flexibility index (Phi) is 50.3. The van der Waals surface area contributed by atoms with E-state index in [1.54, 1.807) is 0 Å². The van der Waals surface area contributed by atoms with Gasteiger partial charge in [0, 0.05) is 0 Å². The molecule has 0 aliphatic carbocycles. The van der Waals surface area contributed by atoms with Crippen LogP contribution in [-0.2, 0) is 0 Å². The molecule has 0 aliphatic rings. The van der Waals surface area contributed by atoms with Crippen molar-refractivity contribution in [1.29, 1.82) is 0 Å². The van der Waals surface area contributed by atoms with Crippen LogP contribution in [-0.4, -0.2) is 10.7 Å². The van der Waals surface area contributed by atoms with Gasteiger partial charge in [-0.15, -0.1) is 0 Å². The number of hydrogen-bond acceptors (Lipinski definition) is 1. The summed E-state index contributed by atoms with van der Waals surface area (Å²) in [6.45, 7) is 6.93. The summed E-state index contributed by atoms with van der Waals surface area (Å²) in [5.74, 6) is 0. The molecule has 0 rings (SSSR count). The van der Waals surface area contributed by atoms with Crippen molar-refractivity contribution in [3.05, 3.63) is 0 Å². The number of hydrogen-bond donors (Lipinski definition) is 1. The molecule has 57 heavy (non-hydrogen) atoms. The van der Waals surface area contributed by atoms with Crippen LogP contribution in [0.5, 0.6) is 0 Å². The van der Waals surface area contributed by atoms with Gasteiger partial charge in [0.15, 0.2) is 0 Å². The Hall–Kier alpha value is -0.0400. The molecule has 1 heteroatoms. The maximum absolute atomic E-state index is 11.9. The van der Waals surface area contributed by atoms with Gasteiger partial charge in [0.05, 0.1) is 5.60 Å². The first-order chi connectivity index (χ1) is 28.2. The van der Waals surface area contributed by atoms with E-state index in [-0.39, 0.29) is 5.60 Å². The number of aliphatic hydroxyl groups is 1. The molecule has 1 atom stereocenters. The standard InChI is InChI=1S/C56H114O/c1-4-7-10-13-16-19-22-25-27-29-30-31-32-34-37-40-43-46-49-52-55-56(57,53-50-47-44-41-38-35-24-21-18-15-12-9-6-3)54-51-48-45-42-39-36-33-28-26-23-20-17-14-11-8-5-2/h57H,4-55H2,1-3H3. The molecule has 1 nitrogen and oxygen atoms in total. The van der Waals surface area contributed by atoms with Gasteiger partial charge in [0.2, 0.25) is 0 Å². The molecule has 344 valence electrons. The minimum Gasteiger partial charge on any atom is -0.390 e. The molecule has 0 saturated heterocycles. The summed E-state index contributed by atoms with van der Waals surface area (Å²) in [6.07, 6.45) is 72.8. The fourth-order valence-electron chi connectivity index (χ4n) is 9.56. The van der Waals surface area contributed by atoms with Gasteiger partial charge in [-0.05, 0) is 19.3 Å². The predicted molar refractivity (Wildman–Crippen MR) is 262 cm³/mol. The summed E-state index contributed by atoms with van der Waals surface area (Å²) in [5.41, 5.74) is -0.387. The molecule has 0 aromatic heterocycles. The van der Waals surface area contributed by atoms with Crippen molar-refractivity contribution in [2.75, 3.05) is 0 Å². The Bertz CT molecular complexity index is 687. The molecule has 0 aromatic rings. The van der Waals surface area contributed by atoms with E-state index >= 15 is 0 Å². The zero-order valence-electron chi connectivity index (χ0n) is 40.7. The van der Waals surface area contributed by atoms with Crippen molar-refractivity contribution in [1.82, 2.24) is 0 Å². The molecular formula is C56H114O. The Morgan fingerprint density at radius 3 is 0.404 bits per heavy atom. The summed E-state index contributed by atoms with van der Waals surface area (Å²) in [6, 6.07) is 0. The van der Waals surface area contributed by atoms with Gasteiger partial charge in [-0.3, -0.25) is 0 Å². The Labute approximate surface area is 364 Å². The van der Waals surface area contributed by atoms with Gasteiger partial charge >= 0.3 is 0 Å². The van der Waals surface area contributed by atoms with Gasteiger partial charge < -0.3 is 5.11 Å². The van der Waals surface area contributed by atoms with Crippen LogP contribution in [0.25, 0.3) is 0 Å². The lowest BCUT2D eigenvalue weighted by molar-refractivity contribution is 0.00704. The van der Waals surface area contributed by atoms with Crippen LogP contribution in [0.4, 0.5) is 0 Å². The second-order valence-corrected chi connectivity index (χ2v) is 19.7. The maximum Gasteiger partial charge on any atom is 0.0647 e. The molecule has 0 saturated carbocycles. The van der Waals surface area contributed by atoms with E-state index in [1.165, 1.54) is 315 Å². The second kappa shape index (κ2) is 50.3. The third-order valence-corrected chi connectivity index (χ3v) is 13.7. The van der Waals surface area contributed by atoms with Crippen molar-refractivity contribution < 1.29 is 5.11 Å². The average Bonchev–Trinajstić information content (AvgIpc) is 3.21. The van der Waals surface area contributed by atoms with Crippen molar-refractivity contribution in [2.24, 2.45) is 0 Å². The molecule has 1 N–H and O–H groups in total. The summed E-state index contributed by atoms with van der Waals surface area (Å²) in [4.78, 5) is 0. The molecule has 1 unspecified atom stereocenters. The highest BCUT2D eigenvalue weighted by atomic mass is 16.3. The van der Waals surface area contributed by atoms with Crippen LogP contribution in [0, 0.1) is 0 Å². The zero-order chi connectivity index (χ0) is 41.3. The van der Waals surface area contributed by atoms with E-state index in [1.807, 2.05) is 0 Å². The average molecular weight is 804 g/mol. The highest BCUT2D eigenvalue weighted by molar-refractivity contribution is 4.79.